The molecule has 3 unspecified atom stereocenters. The zero-order chi connectivity index (χ0) is 65.5. The number of hydrogen-bond donors (Lipinski definition) is 4. The quantitative estimate of drug-likeness (QED) is 0.0127. The molecule has 0 aliphatic carbocycles. The normalized spacial score (nSPS) is 12.7. The average Bonchev–Trinajstić information content (AvgIpc) is 0.788. The predicted octanol–water partition coefficient (Wildman–Crippen LogP) is 9.05. The van der Waals surface area contributed by atoms with Crippen LogP contribution in [-0.4, -0.2) is 139 Å². The molecule has 0 saturated carbocycles. The number of esters is 1. The van der Waals surface area contributed by atoms with Gasteiger partial charge in [-0.15, -0.1) is 0 Å². The number of anilines is 2. The Bertz CT molecular complexity index is 3370. The number of benzene rings is 4. The van der Waals surface area contributed by atoms with Crippen LogP contribution in [0.5, 0.6) is 11.5 Å². The standard InChI is InChI=1S/C63H76F3N10O13P/c1-40(2)56(78)73-61-72-55-54(58(80)74-61)70-47(37-69-55)38-75(60(82)63(64,65)66)48-23-17-43(18-24-48)57(79)71-52(59(81)85-9)29-30-53(77)68-33-14-34-86-36-31-51(89-90(88-35-13-32-67)76(41(3)4)42(5)6)39-87-62(44-15-11-10-12-16-44,45-19-25-49(83-7)26-20-45)46-21-27-50(84-8)28-22-46/h10-12,15-28,37,40-42,51-52H,13-14,29-31,33-36,38-39H2,1-9H3,(H,68,77)(H,71,79)(H2,69,72,73,74,78,80). The number of hydrogen-bond acceptors (Lipinski definition) is 18. The number of H-pyrrole nitrogens is 1. The summed E-state index contributed by atoms with van der Waals surface area (Å²) in [7, 11) is 2.59. The molecule has 0 saturated heterocycles. The number of nitriles is 1. The van der Waals surface area contributed by atoms with Gasteiger partial charge in [0.1, 0.15) is 23.1 Å². The fourth-order valence-corrected chi connectivity index (χ4v) is 11.1. The van der Waals surface area contributed by atoms with Crippen molar-refractivity contribution >= 4 is 60.9 Å². The van der Waals surface area contributed by atoms with Gasteiger partial charge in [0.15, 0.2) is 11.2 Å². The molecule has 0 fully saturated rings. The molecule has 0 bridgehead atoms. The van der Waals surface area contributed by atoms with Crippen molar-refractivity contribution < 1.29 is 69.9 Å². The number of aromatic nitrogens is 4. The van der Waals surface area contributed by atoms with Crippen LogP contribution in [0.1, 0.15) is 106 Å². The first kappa shape index (κ1) is 70.6. The number of amides is 4. The Morgan fingerprint density at radius 2 is 1.40 bits per heavy atom. The average molecular weight is 1270 g/mol. The van der Waals surface area contributed by atoms with Crippen LogP contribution < -0.4 is 35.9 Å². The van der Waals surface area contributed by atoms with Gasteiger partial charge < -0.3 is 43.4 Å². The Balaban J connectivity index is 1.08. The molecule has 4 N–H and O–H groups in total. The minimum absolute atomic E-state index is 0.0152. The molecule has 3 atom stereocenters. The third kappa shape index (κ3) is 19.5. The Kier molecular flexibility index (Phi) is 26.6. The lowest BCUT2D eigenvalue weighted by molar-refractivity contribution is -0.170. The summed E-state index contributed by atoms with van der Waals surface area (Å²) in [6.45, 7) is 11.5. The maximum absolute atomic E-state index is 14.0. The lowest BCUT2D eigenvalue weighted by Crippen LogP contribution is -2.42. The first-order valence-electron chi connectivity index (χ1n) is 29.1. The van der Waals surface area contributed by atoms with Crippen LogP contribution >= 0.6 is 8.53 Å². The van der Waals surface area contributed by atoms with Gasteiger partial charge in [0.2, 0.25) is 17.8 Å². The van der Waals surface area contributed by atoms with Gasteiger partial charge in [0.25, 0.3) is 20.0 Å². The van der Waals surface area contributed by atoms with Gasteiger partial charge in [-0.3, -0.25) is 39.2 Å². The maximum Gasteiger partial charge on any atom is 0.471 e. The van der Waals surface area contributed by atoms with Gasteiger partial charge in [0.05, 0.1) is 71.6 Å². The summed E-state index contributed by atoms with van der Waals surface area (Å²) in [5.74, 6) is -4.24. The number of nitrogens with one attached hydrogen (secondary N) is 4. The van der Waals surface area contributed by atoms with Crippen molar-refractivity contribution in [2.75, 3.05) is 64.5 Å². The Morgan fingerprint density at radius 3 is 1.97 bits per heavy atom. The molecule has 4 aromatic carbocycles. The van der Waals surface area contributed by atoms with E-state index in [2.05, 4.69) is 74.3 Å². The van der Waals surface area contributed by atoms with Crippen LogP contribution in [0.25, 0.3) is 11.2 Å². The molecular weight excluding hydrogens is 1190 g/mol. The summed E-state index contributed by atoms with van der Waals surface area (Å²) in [6.07, 6.45) is -4.46. The summed E-state index contributed by atoms with van der Waals surface area (Å²) in [4.78, 5) is 92.1. The summed E-state index contributed by atoms with van der Waals surface area (Å²) in [5, 5.41) is 17.2. The van der Waals surface area contributed by atoms with E-state index in [9.17, 15) is 47.2 Å². The van der Waals surface area contributed by atoms with Crippen LogP contribution in [0.4, 0.5) is 24.8 Å². The number of carbonyl (C=O) groups excluding carboxylic acids is 5. The molecule has 27 heteroatoms. The summed E-state index contributed by atoms with van der Waals surface area (Å²) in [5.41, 5.74) is -0.790. The Labute approximate surface area is 521 Å². The van der Waals surface area contributed by atoms with E-state index >= 15 is 0 Å². The fraction of sp³-hybridized carbons (Fsp3) is 0.429. The molecule has 2 heterocycles. The van der Waals surface area contributed by atoms with Crippen LogP contribution in [0.15, 0.2) is 114 Å². The number of aromatic amines is 1. The number of alkyl halides is 3. The zero-order valence-electron chi connectivity index (χ0n) is 51.6. The third-order valence-corrected chi connectivity index (χ3v) is 16.0. The molecule has 4 amide bonds. The van der Waals surface area contributed by atoms with Gasteiger partial charge in [0, 0.05) is 55.4 Å². The second-order valence-corrected chi connectivity index (χ2v) is 22.7. The van der Waals surface area contributed by atoms with Crippen molar-refractivity contribution in [2.24, 2.45) is 5.92 Å². The third-order valence-electron chi connectivity index (χ3n) is 13.9. The first-order chi connectivity index (χ1) is 43.0. The second kappa shape index (κ2) is 33.9. The lowest BCUT2D eigenvalue weighted by atomic mass is 9.80. The summed E-state index contributed by atoms with van der Waals surface area (Å²) >= 11 is 0. The lowest BCUT2D eigenvalue weighted by Gasteiger charge is -2.39. The highest BCUT2D eigenvalue weighted by atomic mass is 31.2. The number of halogens is 3. The van der Waals surface area contributed by atoms with Crippen molar-refractivity contribution in [3.63, 3.8) is 0 Å². The minimum atomic E-state index is -5.36. The van der Waals surface area contributed by atoms with E-state index in [4.69, 9.17) is 32.7 Å². The molecule has 2 aromatic heterocycles. The number of rotatable bonds is 34. The maximum atomic E-state index is 14.0. The number of fused-ring (bicyclic) bond motifs is 1. The van der Waals surface area contributed by atoms with E-state index in [-0.39, 0.29) is 98.4 Å². The van der Waals surface area contributed by atoms with E-state index < -0.39 is 80.1 Å². The van der Waals surface area contributed by atoms with Crippen molar-refractivity contribution in [1.29, 1.82) is 5.26 Å². The summed E-state index contributed by atoms with van der Waals surface area (Å²) < 4.78 is 86.8. The largest absolute Gasteiger partial charge is 0.497 e. The molecule has 0 aliphatic rings. The monoisotopic (exact) mass is 1270 g/mol. The van der Waals surface area contributed by atoms with Crippen LogP contribution in [0, 0.1) is 17.2 Å². The van der Waals surface area contributed by atoms with Crippen LogP contribution in [0.3, 0.4) is 0 Å². The van der Waals surface area contributed by atoms with Gasteiger partial charge in [-0.1, -0.05) is 68.4 Å². The molecular formula is C63H76F3N10O13P. The highest BCUT2D eigenvalue weighted by molar-refractivity contribution is 7.44. The molecule has 90 heavy (non-hydrogen) atoms. The van der Waals surface area contributed by atoms with Crippen LogP contribution in [0.2, 0.25) is 0 Å². The van der Waals surface area contributed by atoms with Crippen molar-refractivity contribution in [1.82, 2.24) is 35.2 Å². The highest BCUT2D eigenvalue weighted by Gasteiger charge is 2.44. The number of nitrogens with zero attached hydrogens (tertiary/aromatic N) is 6. The molecule has 0 spiro atoms. The molecule has 482 valence electrons. The van der Waals surface area contributed by atoms with Gasteiger partial charge >= 0.3 is 18.1 Å². The predicted molar refractivity (Wildman–Crippen MR) is 329 cm³/mol. The van der Waals surface area contributed by atoms with E-state index in [1.807, 2.05) is 78.9 Å². The van der Waals surface area contributed by atoms with E-state index in [0.717, 1.165) is 54.3 Å². The minimum Gasteiger partial charge on any atom is -0.497 e. The highest BCUT2D eigenvalue weighted by Crippen LogP contribution is 2.49. The molecule has 23 nitrogen and oxygen atoms in total. The van der Waals surface area contributed by atoms with E-state index in [1.54, 1.807) is 28.1 Å². The van der Waals surface area contributed by atoms with Crippen molar-refractivity contribution in [3.8, 4) is 17.6 Å². The van der Waals surface area contributed by atoms with E-state index in [0.29, 0.717) is 29.2 Å². The molecule has 0 radical (unpaired) electrons. The number of methoxy groups -OCH3 is 3. The Morgan fingerprint density at radius 1 is 0.778 bits per heavy atom. The SMILES string of the molecule is COC(=O)C(CCC(=O)NCCCOCCC(COC(c1ccccc1)(c1ccc(OC)cc1)c1ccc(OC)cc1)OP(OCCC#N)N(C(C)C)C(C)C)NC(=O)c1ccc(N(Cc2cnc3nc(NC(=O)C(C)C)[nH]c(=O)c3n2)C(=O)C(F)(F)F)cc1. The topological polar surface area (TPSA) is 288 Å². The van der Waals surface area contributed by atoms with E-state index in [1.165, 1.54) is 0 Å². The zero-order valence-corrected chi connectivity index (χ0v) is 52.5. The molecule has 0 aliphatic heterocycles. The van der Waals surface area contributed by atoms with Gasteiger partial charge in [-0.25, -0.2) is 19.4 Å². The molecule has 6 aromatic rings. The number of carbonyl (C=O) groups is 5. The van der Waals surface area contributed by atoms with Gasteiger partial charge in [-0.2, -0.15) is 23.4 Å². The molecule has 6 rings (SSSR count). The number of ether oxygens (including phenoxy) is 5. The van der Waals surface area contributed by atoms with Crippen molar-refractivity contribution in [3.05, 3.63) is 148 Å². The summed E-state index contributed by atoms with van der Waals surface area (Å²) in [6, 6.07) is 30.5. The van der Waals surface area contributed by atoms with Crippen molar-refractivity contribution in [2.45, 2.75) is 116 Å². The smallest absolute Gasteiger partial charge is 0.471 e. The first-order valence-corrected chi connectivity index (χ1v) is 30.2. The Hall–Kier alpha value is -8.44. The van der Waals surface area contributed by atoms with Crippen LogP contribution in [-0.2, 0) is 54.6 Å². The second-order valence-electron chi connectivity index (χ2n) is 21.3. The van der Waals surface area contributed by atoms with Gasteiger partial charge in [-0.05, 0) is 112 Å². The fourth-order valence-electron chi connectivity index (χ4n) is 9.33.